The molecule has 2 aliphatic rings. The molecule has 0 radical (unpaired) electrons. The summed E-state index contributed by atoms with van der Waals surface area (Å²) in [5.74, 6) is -0.256. The van der Waals surface area contributed by atoms with Crippen LogP contribution in [0.4, 0.5) is 0 Å². The molecular formula is C20H26Cl3N3O2. The summed E-state index contributed by atoms with van der Waals surface area (Å²) in [4.78, 5) is 28.3. The number of nitrogens with two attached hydrogens (primary N) is 1. The van der Waals surface area contributed by atoms with Crippen molar-refractivity contribution in [3.8, 4) is 0 Å². The number of hydrogen-bond donors (Lipinski definition) is 1. The van der Waals surface area contributed by atoms with Crippen molar-refractivity contribution < 1.29 is 9.59 Å². The first kappa shape index (κ1) is 23.0. The number of halogens is 3. The Bertz CT molecular complexity index is 754. The largest absolute Gasteiger partial charge is 0.366 e. The van der Waals surface area contributed by atoms with Crippen LogP contribution < -0.4 is 5.73 Å². The van der Waals surface area contributed by atoms with E-state index in [1.807, 2.05) is 11.0 Å². The number of amides is 2. The van der Waals surface area contributed by atoms with Crippen molar-refractivity contribution in [1.82, 2.24) is 9.80 Å². The van der Waals surface area contributed by atoms with Crippen LogP contribution in [0.1, 0.15) is 31.2 Å². The van der Waals surface area contributed by atoms with Gasteiger partial charge in [0.2, 0.25) is 11.8 Å². The molecular weight excluding hydrogens is 421 g/mol. The summed E-state index contributed by atoms with van der Waals surface area (Å²) < 4.78 is 0. The first-order chi connectivity index (χ1) is 12.9. The van der Waals surface area contributed by atoms with E-state index in [0.29, 0.717) is 16.5 Å². The van der Waals surface area contributed by atoms with Crippen molar-refractivity contribution in [3.63, 3.8) is 0 Å². The summed E-state index contributed by atoms with van der Waals surface area (Å²) in [5, 5.41) is 0.973. The van der Waals surface area contributed by atoms with Gasteiger partial charge in [-0.15, -0.1) is 12.4 Å². The van der Waals surface area contributed by atoms with Gasteiger partial charge in [-0.1, -0.05) is 29.3 Å². The Balaban J connectivity index is 0.00000280. The number of primary amides is 1. The number of hydrogen-bond acceptors (Lipinski definition) is 3. The number of piperidine rings is 1. The normalized spacial score (nSPS) is 21.6. The summed E-state index contributed by atoms with van der Waals surface area (Å²) in [7, 11) is 0. The fourth-order valence-electron chi connectivity index (χ4n) is 3.96. The Hall–Kier alpha value is -1.27. The van der Waals surface area contributed by atoms with Crippen LogP contribution in [0.25, 0.3) is 0 Å². The van der Waals surface area contributed by atoms with E-state index in [9.17, 15) is 9.59 Å². The van der Waals surface area contributed by atoms with Crippen molar-refractivity contribution in [1.29, 1.82) is 0 Å². The van der Waals surface area contributed by atoms with Gasteiger partial charge in [-0.3, -0.25) is 14.5 Å². The van der Waals surface area contributed by atoms with E-state index in [2.05, 4.69) is 4.90 Å². The molecule has 2 N–H and O–H groups in total. The Morgan fingerprint density at radius 1 is 1.18 bits per heavy atom. The van der Waals surface area contributed by atoms with Crippen LogP contribution in [0.3, 0.4) is 0 Å². The molecule has 2 heterocycles. The third-order valence-corrected chi connectivity index (χ3v) is 6.02. The zero-order valence-corrected chi connectivity index (χ0v) is 18.0. The van der Waals surface area contributed by atoms with E-state index in [0.717, 1.165) is 63.0 Å². The molecule has 3 rings (SSSR count). The van der Waals surface area contributed by atoms with Crippen molar-refractivity contribution in [3.05, 3.63) is 45.5 Å². The van der Waals surface area contributed by atoms with E-state index in [1.54, 1.807) is 12.1 Å². The minimum absolute atomic E-state index is 0. The molecule has 0 saturated carbocycles. The van der Waals surface area contributed by atoms with Crippen LogP contribution in [0, 0.1) is 0 Å². The zero-order valence-electron chi connectivity index (χ0n) is 15.7. The van der Waals surface area contributed by atoms with Gasteiger partial charge in [0.05, 0.1) is 16.5 Å². The lowest BCUT2D eigenvalue weighted by Crippen LogP contribution is -2.49. The first-order valence-electron chi connectivity index (χ1n) is 9.37. The number of rotatable bonds is 5. The Morgan fingerprint density at radius 2 is 1.96 bits per heavy atom. The van der Waals surface area contributed by atoms with E-state index < -0.39 is 0 Å². The molecule has 154 valence electrons. The highest BCUT2D eigenvalue weighted by Crippen LogP contribution is 2.25. The van der Waals surface area contributed by atoms with Crippen molar-refractivity contribution in [2.45, 2.75) is 38.1 Å². The maximum Gasteiger partial charge on any atom is 0.241 e. The van der Waals surface area contributed by atoms with Crippen LogP contribution in [0.5, 0.6) is 0 Å². The smallest absolute Gasteiger partial charge is 0.241 e. The van der Waals surface area contributed by atoms with E-state index in [-0.39, 0.29) is 30.3 Å². The molecule has 1 aromatic rings. The molecule has 0 spiro atoms. The van der Waals surface area contributed by atoms with Gasteiger partial charge in [0, 0.05) is 38.3 Å². The van der Waals surface area contributed by atoms with Crippen molar-refractivity contribution in [2.75, 3.05) is 26.2 Å². The van der Waals surface area contributed by atoms with Gasteiger partial charge >= 0.3 is 0 Å². The van der Waals surface area contributed by atoms with Gasteiger partial charge in [-0.25, -0.2) is 0 Å². The fourth-order valence-corrected chi connectivity index (χ4v) is 4.29. The summed E-state index contributed by atoms with van der Waals surface area (Å²) in [6.07, 6.45) is 5.93. The van der Waals surface area contributed by atoms with Crippen LogP contribution in [0.2, 0.25) is 10.0 Å². The third-order valence-electron chi connectivity index (χ3n) is 5.28. The maximum atomic E-state index is 12.9. The second kappa shape index (κ2) is 10.5. The molecule has 2 fully saturated rings. The Labute approximate surface area is 182 Å². The average molecular weight is 447 g/mol. The van der Waals surface area contributed by atoms with Crippen LogP contribution >= 0.6 is 35.6 Å². The molecule has 0 aliphatic carbocycles. The minimum Gasteiger partial charge on any atom is -0.366 e. The third kappa shape index (κ3) is 6.11. The molecule has 2 saturated heterocycles. The van der Waals surface area contributed by atoms with Crippen LogP contribution in [-0.4, -0.2) is 53.8 Å². The van der Waals surface area contributed by atoms with E-state index in [4.69, 9.17) is 28.9 Å². The first-order valence-corrected chi connectivity index (χ1v) is 10.1. The van der Waals surface area contributed by atoms with Gasteiger partial charge in [-0.2, -0.15) is 0 Å². The lowest BCUT2D eigenvalue weighted by molar-refractivity contribution is -0.134. The topological polar surface area (TPSA) is 66.6 Å². The Morgan fingerprint density at radius 3 is 2.68 bits per heavy atom. The molecule has 0 aromatic heterocycles. The van der Waals surface area contributed by atoms with E-state index in [1.165, 1.54) is 6.08 Å². The van der Waals surface area contributed by atoms with Crippen LogP contribution in [-0.2, 0) is 16.0 Å². The molecule has 1 unspecified atom stereocenters. The summed E-state index contributed by atoms with van der Waals surface area (Å²) in [6, 6.07) is 5.56. The number of benzene rings is 1. The number of carbonyl (C=O) groups excluding carboxylic acids is 2. The lowest BCUT2D eigenvalue weighted by Gasteiger charge is -2.38. The molecule has 5 nitrogen and oxygen atoms in total. The monoisotopic (exact) mass is 445 g/mol. The second-order valence-corrected chi connectivity index (χ2v) is 8.17. The summed E-state index contributed by atoms with van der Waals surface area (Å²) >= 11 is 12.0. The fraction of sp³-hybridized carbons (Fsp3) is 0.500. The van der Waals surface area contributed by atoms with Gasteiger partial charge in [0.25, 0.3) is 0 Å². The minimum atomic E-state index is -0.386. The molecule has 2 amide bonds. The molecule has 28 heavy (non-hydrogen) atoms. The maximum absolute atomic E-state index is 12.9. The standard InChI is InChI=1S/C20H25Cl2N3O2.ClH/c21-17-5-4-14(9-18(17)22)11-20(27)25-7-2-1-3-16(25)13-24-8-6-15(12-24)10-19(23)26;/h4-5,9-10,16H,1-3,6-8,11-13H2,(H2,23,26);1H/b15-10-;. The molecule has 8 heteroatoms. The average Bonchev–Trinajstić information content (AvgIpc) is 3.04. The molecule has 2 aliphatic heterocycles. The molecule has 1 aromatic carbocycles. The second-order valence-electron chi connectivity index (χ2n) is 7.35. The van der Waals surface area contributed by atoms with Gasteiger partial charge in [-0.05, 0) is 49.0 Å². The molecule has 1 atom stereocenters. The SMILES string of the molecule is Cl.NC(=O)/C=C1/CCN(CC2CCCCN2C(=O)Cc2ccc(Cl)c(Cl)c2)C1. The Kier molecular flexibility index (Phi) is 8.62. The highest BCUT2D eigenvalue weighted by Gasteiger charge is 2.29. The van der Waals surface area contributed by atoms with Crippen molar-refractivity contribution in [2.24, 2.45) is 5.73 Å². The number of carbonyl (C=O) groups is 2. The van der Waals surface area contributed by atoms with Gasteiger partial charge < -0.3 is 10.6 Å². The predicted octanol–water partition coefficient (Wildman–Crippen LogP) is 3.46. The quantitative estimate of drug-likeness (QED) is 0.704. The van der Waals surface area contributed by atoms with Gasteiger partial charge in [0.1, 0.15) is 0 Å². The number of likely N-dealkylation sites (tertiary alicyclic amines) is 2. The highest BCUT2D eigenvalue weighted by atomic mass is 35.5. The zero-order chi connectivity index (χ0) is 19.4. The predicted molar refractivity (Wildman–Crippen MR) is 115 cm³/mol. The van der Waals surface area contributed by atoms with Gasteiger partial charge in [0.15, 0.2) is 0 Å². The summed E-state index contributed by atoms with van der Waals surface area (Å²) in [5.41, 5.74) is 7.21. The summed E-state index contributed by atoms with van der Waals surface area (Å²) in [6.45, 7) is 3.30. The lowest BCUT2D eigenvalue weighted by atomic mass is 10.00. The van der Waals surface area contributed by atoms with Crippen molar-refractivity contribution >= 4 is 47.4 Å². The molecule has 0 bridgehead atoms. The van der Waals surface area contributed by atoms with E-state index >= 15 is 0 Å². The number of nitrogens with zero attached hydrogens (tertiary/aromatic N) is 2. The van der Waals surface area contributed by atoms with Crippen LogP contribution in [0.15, 0.2) is 29.8 Å². The highest BCUT2D eigenvalue weighted by molar-refractivity contribution is 6.42.